The summed E-state index contributed by atoms with van der Waals surface area (Å²) in [5.41, 5.74) is 23.2. The minimum absolute atomic E-state index is 0.0172. The largest absolute Gasteiger partial charge is 0.311 e. The smallest absolute Gasteiger partial charge is 0.252 e. The van der Waals surface area contributed by atoms with Gasteiger partial charge < -0.3 is 18.9 Å². The van der Waals surface area contributed by atoms with Gasteiger partial charge in [0.15, 0.2) is 0 Å². The first-order chi connectivity index (χ1) is 29.8. The number of aromatic nitrogens is 2. The summed E-state index contributed by atoms with van der Waals surface area (Å²) in [7, 11) is 0. The lowest BCUT2D eigenvalue weighted by atomic mass is 9.29. The van der Waals surface area contributed by atoms with Crippen LogP contribution < -0.4 is 42.6 Å². The molecule has 0 fully saturated rings. The van der Waals surface area contributed by atoms with Crippen LogP contribution in [0.15, 0.2) is 194 Å². The zero-order valence-corrected chi connectivity index (χ0v) is 32.4. The van der Waals surface area contributed by atoms with Crippen molar-refractivity contribution in [3.05, 3.63) is 194 Å². The van der Waals surface area contributed by atoms with Crippen molar-refractivity contribution in [2.75, 3.05) is 9.80 Å². The van der Waals surface area contributed by atoms with E-state index < -0.39 is 0 Å². The van der Waals surface area contributed by atoms with Crippen LogP contribution in [0.3, 0.4) is 0 Å². The first kappa shape index (κ1) is 31.3. The minimum Gasteiger partial charge on any atom is -0.311 e. The van der Waals surface area contributed by atoms with Crippen LogP contribution in [-0.2, 0) is 0 Å². The fraction of sp³-hybridized carbons (Fsp3) is 0. The van der Waals surface area contributed by atoms with Crippen molar-refractivity contribution >= 4 is 124 Å². The molecule has 11 aromatic rings. The van der Waals surface area contributed by atoms with Gasteiger partial charge in [0.25, 0.3) is 13.4 Å². The van der Waals surface area contributed by atoms with Gasteiger partial charge in [-0.05, 0) is 93.4 Å². The van der Waals surface area contributed by atoms with E-state index in [0.717, 1.165) is 11.4 Å². The second kappa shape index (κ2) is 11.1. The van der Waals surface area contributed by atoms with Crippen LogP contribution in [0, 0.1) is 0 Å². The van der Waals surface area contributed by atoms with Gasteiger partial charge in [0, 0.05) is 72.6 Å². The van der Waals surface area contributed by atoms with E-state index in [2.05, 4.69) is 213 Å². The molecule has 274 valence electrons. The van der Waals surface area contributed by atoms with Gasteiger partial charge in [0.05, 0.1) is 16.6 Å². The fourth-order valence-electron chi connectivity index (χ4n) is 11.9. The van der Waals surface area contributed by atoms with Crippen molar-refractivity contribution in [1.82, 2.24) is 9.13 Å². The standard InChI is InChI=1S/C54H32B2N4/c1-4-17-33(18-5-1)57-44-29-14-11-25-39(44)55-41-27-16-24-37-48-52-38(36-23-10-13-28-43(36)59(52)35-21-8-3-9-22-35)31-42-53(48)60(51(37)41)54-49(55)46(57)32-47-50(54)56(42)40-26-12-15-30-45(40)58(47)34-19-6-2-7-20-34/h1-32H. The maximum atomic E-state index is 2.72. The zero-order valence-electron chi connectivity index (χ0n) is 32.4. The van der Waals surface area contributed by atoms with Crippen LogP contribution in [0.5, 0.6) is 0 Å². The van der Waals surface area contributed by atoms with Crippen LogP contribution in [0.25, 0.3) is 55.0 Å². The summed E-state index contributed by atoms with van der Waals surface area (Å²) in [4.78, 5) is 5.08. The van der Waals surface area contributed by atoms with Gasteiger partial charge in [-0.1, -0.05) is 133 Å². The van der Waals surface area contributed by atoms with Gasteiger partial charge >= 0.3 is 0 Å². The van der Waals surface area contributed by atoms with E-state index in [1.807, 2.05) is 0 Å². The molecule has 0 atom stereocenters. The molecule has 0 bridgehead atoms. The molecule has 0 spiro atoms. The van der Waals surface area contributed by atoms with Crippen molar-refractivity contribution in [2.45, 2.75) is 0 Å². The van der Waals surface area contributed by atoms with Crippen LogP contribution in [-0.4, -0.2) is 22.6 Å². The molecular weight excluding hydrogens is 726 g/mol. The number of hydrogen-bond donors (Lipinski definition) is 0. The maximum Gasteiger partial charge on any atom is 0.252 e. The molecule has 0 N–H and O–H groups in total. The zero-order chi connectivity index (χ0) is 38.8. The van der Waals surface area contributed by atoms with Crippen LogP contribution >= 0.6 is 0 Å². The highest BCUT2D eigenvalue weighted by atomic mass is 15.2. The van der Waals surface area contributed by atoms with E-state index in [1.54, 1.807) is 0 Å². The molecule has 0 saturated carbocycles. The summed E-state index contributed by atoms with van der Waals surface area (Å²) >= 11 is 0. The van der Waals surface area contributed by atoms with Crippen molar-refractivity contribution in [3.8, 4) is 11.4 Å². The summed E-state index contributed by atoms with van der Waals surface area (Å²) in [5, 5.41) is 5.22. The van der Waals surface area contributed by atoms with Crippen molar-refractivity contribution in [1.29, 1.82) is 0 Å². The third kappa shape index (κ3) is 3.64. The van der Waals surface area contributed by atoms with E-state index >= 15 is 0 Å². The number of para-hydroxylation sites is 7. The molecule has 4 aliphatic rings. The number of hydrogen-bond acceptors (Lipinski definition) is 2. The number of rotatable bonds is 3. The Morgan fingerprint density at radius 1 is 0.317 bits per heavy atom. The molecule has 0 saturated heterocycles. The first-order valence-corrected chi connectivity index (χ1v) is 21.0. The lowest BCUT2D eigenvalue weighted by Gasteiger charge is -2.46. The molecule has 9 aromatic carbocycles. The predicted octanol–water partition coefficient (Wildman–Crippen LogP) is 9.11. The SMILES string of the molecule is c1ccc(N2c3ccccc3B3c4c2cc2c5c4-n4c6c3cccc6c3c4c(cc4c6ccccc6n(-c6ccccc6)c43)B5c3ccccc3N2c2ccccc2)cc1. The van der Waals surface area contributed by atoms with E-state index in [0.29, 0.717) is 0 Å². The molecule has 0 unspecified atom stereocenters. The van der Waals surface area contributed by atoms with Gasteiger partial charge in [0.1, 0.15) is 0 Å². The Kier molecular flexibility index (Phi) is 5.78. The molecule has 0 amide bonds. The Labute approximate surface area is 346 Å². The van der Waals surface area contributed by atoms with E-state index in [9.17, 15) is 0 Å². The van der Waals surface area contributed by atoms with Gasteiger partial charge in [-0.2, -0.15) is 0 Å². The van der Waals surface area contributed by atoms with E-state index in [1.165, 1.54) is 111 Å². The molecule has 0 radical (unpaired) electrons. The number of fused-ring (bicyclic) bond motifs is 11. The van der Waals surface area contributed by atoms with Crippen LogP contribution in [0.2, 0.25) is 0 Å². The lowest BCUT2D eigenvalue weighted by Crippen LogP contribution is -2.67. The van der Waals surface area contributed by atoms with Crippen molar-refractivity contribution in [3.63, 3.8) is 0 Å². The number of benzene rings is 9. The normalized spacial score (nSPS) is 13.9. The van der Waals surface area contributed by atoms with Gasteiger partial charge in [-0.25, -0.2) is 0 Å². The topological polar surface area (TPSA) is 16.3 Å². The Bertz CT molecular complexity index is 3680. The second-order valence-electron chi connectivity index (χ2n) is 16.8. The summed E-state index contributed by atoms with van der Waals surface area (Å²) in [6.07, 6.45) is 0. The van der Waals surface area contributed by atoms with E-state index in [4.69, 9.17) is 0 Å². The summed E-state index contributed by atoms with van der Waals surface area (Å²) in [6, 6.07) is 72.5. The van der Waals surface area contributed by atoms with Crippen LogP contribution in [0.4, 0.5) is 34.1 Å². The molecule has 2 aromatic heterocycles. The van der Waals surface area contributed by atoms with Crippen molar-refractivity contribution in [2.24, 2.45) is 0 Å². The average Bonchev–Trinajstić information content (AvgIpc) is 3.84. The highest BCUT2D eigenvalue weighted by Gasteiger charge is 2.50. The molecule has 0 aliphatic carbocycles. The third-order valence-corrected chi connectivity index (χ3v) is 14.0. The average molecular weight is 759 g/mol. The van der Waals surface area contributed by atoms with E-state index in [-0.39, 0.29) is 13.4 Å². The van der Waals surface area contributed by atoms with Gasteiger partial charge in [-0.15, -0.1) is 0 Å². The highest BCUT2D eigenvalue weighted by molar-refractivity contribution is 7.04. The maximum absolute atomic E-state index is 2.72. The predicted molar refractivity (Wildman–Crippen MR) is 254 cm³/mol. The Morgan fingerprint density at radius 2 is 0.833 bits per heavy atom. The highest BCUT2D eigenvalue weighted by Crippen LogP contribution is 2.49. The summed E-state index contributed by atoms with van der Waals surface area (Å²) in [6.45, 7) is 0.0700. The third-order valence-electron chi connectivity index (χ3n) is 14.0. The monoisotopic (exact) mass is 758 g/mol. The summed E-state index contributed by atoms with van der Waals surface area (Å²) in [5.74, 6) is 0. The second-order valence-corrected chi connectivity index (χ2v) is 16.8. The lowest BCUT2D eigenvalue weighted by molar-refractivity contribution is 1.17. The Hall–Kier alpha value is -7.69. The first-order valence-electron chi connectivity index (χ1n) is 21.0. The number of anilines is 6. The van der Waals surface area contributed by atoms with Crippen molar-refractivity contribution < 1.29 is 0 Å². The Balaban J connectivity index is 1.22. The molecule has 4 aliphatic heterocycles. The van der Waals surface area contributed by atoms with Gasteiger partial charge in [-0.3, -0.25) is 0 Å². The quantitative estimate of drug-likeness (QED) is 0.167. The van der Waals surface area contributed by atoms with Crippen LogP contribution in [0.1, 0.15) is 0 Å². The Morgan fingerprint density at radius 3 is 1.48 bits per heavy atom. The molecule has 6 heteroatoms. The van der Waals surface area contributed by atoms with Gasteiger partial charge in [0.2, 0.25) is 0 Å². The molecular formula is C54H32B2N4. The molecule has 6 heterocycles. The minimum atomic E-state index is 0.0172. The molecule has 4 nitrogen and oxygen atoms in total. The number of nitrogens with zero attached hydrogens (tertiary/aromatic N) is 4. The molecule has 15 rings (SSSR count). The fourth-order valence-corrected chi connectivity index (χ4v) is 11.9. The molecule has 60 heavy (non-hydrogen) atoms. The summed E-state index contributed by atoms with van der Waals surface area (Å²) < 4.78 is 5.25.